The van der Waals surface area contributed by atoms with E-state index in [1.54, 1.807) is 18.3 Å². The van der Waals surface area contributed by atoms with Crippen LogP contribution in [0.4, 0.5) is 5.69 Å². The first kappa shape index (κ1) is 22.4. The Bertz CT molecular complexity index is 1690. The quantitative estimate of drug-likeness (QED) is 0.339. The summed E-state index contributed by atoms with van der Waals surface area (Å²) in [7, 11) is -2.95. The van der Waals surface area contributed by atoms with Crippen LogP contribution >= 0.6 is 0 Å². The molecule has 2 aromatic carbocycles. The number of H-pyrrole nitrogens is 2. The van der Waals surface area contributed by atoms with Crippen LogP contribution in [0.3, 0.4) is 0 Å². The van der Waals surface area contributed by atoms with E-state index in [0.29, 0.717) is 31.0 Å². The van der Waals surface area contributed by atoms with Gasteiger partial charge in [-0.3, -0.25) is 14.8 Å². The Morgan fingerprint density at radius 1 is 1.00 bits per heavy atom. The Hall–Kier alpha value is -4.02. The number of amides is 1. The number of nitrogens with one attached hydrogen (secondary N) is 3. The van der Waals surface area contributed by atoms with Crippen LogP contribution in [0.25, 0.3) is 32.9 Å². The van der Waals surface area contributed by atoms with Crippen molar-refractivity contribution in [2.75, 3.05) is 29.9 Å². The van der Waals surface area contributed by atoms with Gasteiger partial charge in [0.05, 0.1) is 34.6 Å². The van der Waals surface area contributed by atoms with Crippen molar-refractivity contribution in [2.45, 2.75) is 6.54 Å². The van der Waals surface area contributed by atoms with Crippen LogP contribution < -0.4 is 5.32 Å². The predicted octanol–water partition coefficient (Wildman–Crippen LogP) is 3.59. The van der Waals surface area contributed by atoms with Gasteiger partial charge in [-0.1, -0.05) is 18.2 Å². The Labute approximate surface area is 207 Å². The SMILES string of the molecule is O=C(Nc1cc(-c2cccc3[nH]ccc23)cc2[nH]ncc12)c1cccc(CN2CCS(=O)(=O)CC2)n1. The Kier molecular flexibility index (Phi) is 5.54. The third-order valence-electron chi connectivity index (χ3n) is 6.57. The maximum atomic E-state index is 13.2. The van der Waals surface area contributed by atoms with E-state index in [4.69, 9.17) is 0 Å². The molecule has 1 saturated heterocycles. The molecule has 182 valence electrons. The van der Waals surface area contributed by atoms with Crippen LogP contribution in [0.1, 0.15) is 16.2 Å². The molecule has 36 heavy (non-hydrogen) atoms. The number of aromatic amines is 2. The van der Waals surface area contributed by atoms with E-state index in [1.807, 2.05) is 47.5 Å². The molecule has 1 amide bonds. The third-order valence-corrected chi connectivity index (χ3v) is 8.18. The Balaban J connectivity index is 1.27. The number of sulfone groups is 1. The van der Waals surface area contributed by atoms with E-state index in [2.05, 4.69) is 31.5 Å². The largest absolute Gasteiger partial charge is 0.361 e. The van der Waals surface area contributed by atoms with Crippen molar-refractivity contribution < 1.29 is 13.2 Å². The van der Waals surface area contributed by atoms with E-state index >= 15 is 0 Å². The molecule has 1 fully saturated rings. The van der Waals surface area contributed by atoms with Crippen molar-refractivity contribution >= 4 is 43.2 Å². The maximum absolute atomic E-state index is 13.2. The number of carbonyl (C=O) groups excluding carboxylic acids is 1. The molecule has 4 heterocycles. The average molecular weight is 501 g/mol. The molecule has 0 atom stereocenters. The van der Waals surface area contributed by atoms with Crippen molar-refractivity contribution in [3.05, 3.63) is 78.4 Å². The van der Waals surface area contributed by atoms with Gasteiger partial charge >= 0.3 is 0 Å². The van der Waals surface area contributed by atoms with Crippen molar-refractivity contribution in [3.63, 3.8) is 0 Å². The number of nitrogens with zero attached hydrogens (tertiary/aromatic N) is 3. The molecule has 5 aromatic rings. The van der Waals surface area contributed by atoms with Gasteiger partial charge in [-0.2, -0.15) is 5.10 Å². The highest BCUT2D eigenvalue weighted by Crippen LogP contribution is 2.34. The normalized spacial score (nSPS) is 15.9. The lowest BCUT2D eigenvalue weighted by Crippen LogP contribution is -2.39. The summed E-state index contributed by atoms with van der Waals surface area (Å²) in [6.45, 7) is 1.44. The van der Waals surface area contributed by atoms with Crippen LogP contribution in [0, 0.1) is 0 Å². The average Bonchev–Trinajstić information content (AvgIpc) is 3.55. The van der Waals surface area contributed by atoms with Gasteiger partial charge in [-0.05, 0) is 47.5 Å². The highest BCUT2D eigenvalue weighted by Gasteiger charge is 2.22. The molecule has 1 aliphatic rings. The van der Waals surface area contributed by atoms with E-state index in [0.717, 1.165) is 38.6 Å². The topological polar surface area (TPSA) is 124 Å². The van der Waals surface area contributed by atoms with Gasteiger partial charge in [-0.25, -0.2) is 13.4 Å². The molecule has 0 radical (unpaired) electrons. The minimum absolute atomic E-state index is 0.153. The second-order valence-corrected chi connectivity index (χ2v) is 11.3. The zero-order valence-corrected chi connectivity index (χ0v) is 20.2. The van der Waals surface area contributed by atoms with E-state index < -0.39 is 9.84 Å². The summed E-state index contributed by atoms with van der Waals surface area (Å²) in [4.78, 5) is 23.1. The highest BCUT2D eigenvalue weighted by atomic mass is 32.2. The number of pyridine rings is 1. The fourth-order valence-corrected chi connectivity index (χ4v) is 5.94. The van der Waals surface area contributed by atoms with Crippen LogP contribution in [-0.2, 0) is 16.4 Å². The smallest absolute Gasteiger partial charge is 0.274 e. The number of hydrogen-bond donors (Lipinski definition) is 3. The summed E-state index contributed by atoms with van der Waals surface area (Å²) in [5.74, 6) is -0.0148. The maximum Gasteiger partial charge on any atom is 0.274 e. The van der Waals surface area contributed by atoms with Crippen LogP contribution in [0.5, 0.6) is 0 Å². The van der Waals surface area contributed by atoms with Gasteiger partial charge in [0.25, 0.3) is 5.91 Å². The summed E-state index contributed by atoms with van der Waals surface area (Å²) in [6, 6.07) is 17.4. The van der Waals surface area contributed by atoms with E-state index in [9.17, 15) is 13.2 Å². The number of hydrogen-bond acceptors (Lipinski definition) is 6. The highest BCUT2D eigenvalue weighted by molar-refractivity contribution is 7.91. The van der Waals surface area contributed by atoms with Gasteiger partial charge in [0.15, 0.2) is 9.84 Å². The van der Waals surface area contributed by atoms with Gasteiger partial charge in [0.2, 0.25) is 0 Å². The van der Waals surface area contributed by atoms with E-state index in [1.165, 1.54) is 0 Å². The second-order valence-electron chi connectivity index (χ2n) is 9.00. The fourth-order valence-electron chi connectivity index (χ4n) is 4.67. The summed E-state index contributed by atoms with van der Waals surface area (Å²) in [5, 5.41) is 12.1. The van der Waals surface area contributed by atoms with Gasteiger partial charge in [-0.15, -0.1) is 0 Å². The zero-order chi connectivity index (χ0) is 24.7. The van der Waals surface area contributed by atoms with Gasteiger partial charge in [0.1, 0.15) is 5.69 Å². The summed E-state index contributed by atoms with van der Waals surface area (Å²) < 4.78 is 23.4. The number of aromatic nitrogens is 4. The predicted molar refractivity (Wildman–Crippen MR) is 140 cm³/mol. The number of rotatable bonds is 5. The van der Waals surface area contributed by atoms with Crippen LogP contribution in [0.15, 0.2) is 67.0 Å². The molecule has 0 bridgehead atoms. The van der Waals surface area contributed by atoms with Crippen molar-refractivity contribution in [2.24, 2.45) is 0 Å². The minimum atomic E-state index is -2.95. The third kappa shape index (κ3) is 4.36. The molecule has 0 aliphatic carbocycles. The fraction of sp³-hybridized carbons (Fsp3) is 0.192. The van der Waals surface area contributed by atoms with Gasteiger partial charge < -0.3 is 10.3 Å². The van der Waals surface area contributed by atoms with Crippen LogP contribution in [-0.4, -0.2) is 64.0 Å². The lowest BCUT2D eigenvalue weighted by molar-refractivity contribution is 0.102. The minimum Gasteiger partial charge on any atom is -0.361 e. The summed E-state index contributed by atoms with van der Waals surface area (Å²) in [5.41, 5.74) is 5.52. The molecule has 9 nitrogen and oxygen atoms in total. The number of benzene rings is 2. The van der Waals surface area contributed by atoms with Crippen LogP contribution in [0.2, 0.25) is 0 Å². The standard InChI is InChI=1S/C26H24N6O3S/c33-26(23-6-1-3-18(29-23)16-32-9-11-36(34,35)12-10-32)30-24-13-17(14-25-21(24)15-28-31-25)19-4-2-5-22-20(19)7-8-27-22/h1-8,13-15,27H,9-12,16H2,(H,28,31)(H,30,33). The first-order chi connectivity index (χ1) is 17.4. The van der Waals surface area contributed by atoms with Crippen molar-refractivity contribution in [1.82, 2.24) is 25.1 Å². The molecule has 6 rings (SSSR count). The molecule has 0 spiro atoms. The van der Waals surface area contributed by atoms with Crippen molar-refractivity contribution in [3.8, 4) is 11.1 Å². The summed E-state index contributed by atoms with van der Waals surface area (Å²) >= 11 is 0. The Morgan fingerprint density at radius 3 is 2.69 bits per heavy atom. The number of carbonyl (C=O) groups is 1. The molecule has 0 unspecified atom stereocenters. The molecule has 0 saturated carbocycles. The second kappa shape index (κ2) is 8.89. The number of anilines is 1. The Morgan fingerprint density at radius 2 is 1.83 bits per heavy atom. The molecule has 3 aromatic heterocycles. The summed E-state index contributed by atoms with van der Waals surface area (Å²) in [6.07, 6.45) is 3.60. The lowest BCUT2D eigenvalue weighted by atomic mass is 9.99. The first-order valence-electron chi connectivity index (χ1n) is 11.7. The number of fused-ring (bicyclic) bond motifs is 2. The molecular weight excluding hydrogens is 476 g/mol. The first-order valence-corrected chi connectivity index (χ1v) is 13.5. The van der Waals surface area contributed by atoms with Gasteiger partial charge in [0, 0.05) is 42.1 Å². The molecule has 3 N–H and O–H groups in total. The zero-order valence-electron chi connectivity index (χ0n) is 19.4. The molecular formula is C26H24N6O3S. The van der Waals surface area contributed by atoms with Crippen molar-refractivity contribution in [1.29, 1.82) is 0 Å². The monoisotopic (exact) mass is 500 g/mol. The van der Waals surface area contributed by atoms with E-state index in [-0.39, 0.29) is 17.4 Å². The molecule has 10 heteroatoms. The lowest BCUT2D eigenvalue weighted by Gasteiger charge is -2.26. The molecule has 1 aliphatic heterocycles.